The van der Waals surface area contributed by atoms with Gasteiger partial charge < -0.3 is 9.55 Å². The molecule has 1 unspecified atom stereocenters. The van der Waals surface area contributed by atoms with Crippen molar-refractivity contribution < 1.29 is 0 Å². The van der Waals surface area contributed by atoms with Crippen LogP contribution in [0.2, 0.25) is 0 Å². The van der Waals surface area contributed by atoms with Gasteiger partial charge in [0.15, 0.2) is 4.77 Å². The molecule has 0 fully saturated rings. The Kier molecular flexibility index (Phi) is 3.91. The Morgan fingerprint density at radius 2 is 1.94 bits per heavy atom. The molecule has 0 saturated heterocycles. The first-order valence-electron chi connectivity index (χ1n) is 6.70. The lowest BCUT2D eigenvalue weighted by Gasteiger charge is -2.16. The molecule has 2 aromatic rings. The molecule has 0 radical (unpaired) electrons. The molecule has 0 aliphatic rings. The third kappa shape index (κ3) is 2.51. The fraction of sp³-hybridized carbons (Fsp3) is 0.533. The maximum atomic E-state index is 5.48. The Hall–Kier alpha value is -1.09. The van der Waals surface area contributed by atoms with E-state index in [1.807, 2.05) is 0 Å². The van der Waals surface area contributed by atoms with Crippen LogP contribution in [-0.2, 0) is 0 Å². The SMILES string of the molecule is Cc1cccc2c1[nH]c(=S)n2C(C)CCC(C)C. The molecule has 0 aliphatic heterocycles. The summed E-state index contributed by atoms with van der Waals surface area (Å²) in [6, 6.07) is 6.83. The number of aromatic amines is 1. The highest BCUT2D eigenvalue weighted by atomic mass is 32.1. The number of benzene rings is 1. The number of fused-ring (bicyclic) bond motifs is 1. The fourth-order valence-corrected chi connectivity index (χ4v) is 2.81. The van der Waals surface area contributed by atoms with Crippen LogP contribution in [0.15, 0.2) is 18.2 Å². The first-order valence-corrected chi connectivity index (χ1v) is 7.11. The zero-order chi connectivity index (χ0) is 13.3. The van der Waals surface area contributed by atoms with Crippen LogP contribution < -0.4 is 0 Å². The van der Waals surface area contributed by atoms with Gasteiger partial charge in [-0.3, -0.25) is 0 Å². The van der Waals surface area contributed by atoms with Crippen molar-refractivity contribution in [1.29, 1.82) is 0 Å². The van der Waals surface area contributed by atoms with E-state index in [2.05, 4.69) is 55.4 Å². The summed E-state index contributed by atoms with van der Waals surface area (Å²) in [5, 5.41) is 0. The minimum absolute atomic E-state index is 0.454. The second-order valence-electron chi connectivity index (χ2n) is 5.59. The lowest BCUT2D eigenvalue weighted by atomic mass is 10.0. The standard InChI is InChI=1S/C15H22N2S/c1-10(2)8-9-12(4)17-13-7-5-6-11(3)14(13)16-15(17)18/h5-7,10,12H,8-9H2,1-4H3,(H,16,18). The molecule has 0 saturated carbocycles. The molecule has 1 N–H and O–H groups in total. The number of hydrogen-bond donors (Lipinski definition) is 1. The quantitative estimate of drug-likeness (QED) is 0.769. The van der Waals surface area contributed by atoms with Crippen molar-refractivity contribution in [3.05, 3.63) is 28.5 Å². The summed E-state index contributed by atoms with van der Waals surface area (Å²) in [6.07, 6.45) is 2.41. The number of H-pyrrole nitrogens is 1. The Bertz CT molecular complexity index is 592. The van der Waals surface area contributed by atoms with Crippen LogP contribution in [-0.4, -0.2) is 9.55 Å². The molecule has 0 amide bonds. The summed E-state index contributed by atoms with van der Waals surface area (Å²) < 4.78 is 3.11. The third-order valence-corrected chi connectivity index (χ3v) is 3.86. The molecule has 1 aromatic carbocycles. The van der Waals surface area contributed by atoms with E-state index in [1.54, 1.807) is 0 Å². The van der Waals surface area contributed by atoms with Gasteiger partial charge in [-0.05, 0) is 56.5 Å². The van der Waals surface area contributed by atoms with Gasteiger partial charge in [0.2, 0.25) is 0 Å². The van der Waals surface area contributed by atoms with Gasteiger partial charge in [-0.15, -0.1) is 0 Å². The van der Waals surface area contributed by atoms with Gasteiger partial charge in [0.25, 0.3) is 0 Å². The van der Waals surface area contributed by atoms with Crippen LogP contribution in [0.5, 0.6) is 0 Å². The number of nitrogens with one attached hydrogen (secondary N) is 1. The van der Waals surface area contributed by atoms with Crippen molar-refractivity contribution in [2.75, 3.05) is 0 Å². The van der Waals surface area contributed by atoms with Crippen molar-refractivity contribution in [2.24, 2.45) is 5.92 Å². The van der Waals surface area contributed by atoms with Gasteiger partial charge in [-0.1, -0.05) is 26.0 Å². The van der Waals surface area contributed by atoms with E-state index >= 15 is 0 Å². The molecule has 1 heterocycles. The summed E-state index contributed by atoms with van der Waals surface area (Å²) in [5.74, 6) is 0.744. The molecule has 0 bridgehead atoms. The largest absolute Gasteiger partial charge is 0.330 e. The maximum absolute atomic E-state index is 5.48. The second kappa shape index (κ2) is 5.27. The Morgan fingerprint density at radius 3 is 2.61 bits per heavy atom. The molecule has 1 atom stereocenters. The zero-order valence-electron chi connectivity index (χ0n) is 11.7. The van der Waals surface area contributed by atoms with Crippen molar-refractivity contribution in [3.63, 3.8) is 0 Å². The van der Waals surface area contributed by atoms with Crippen molar-refractivity contribution in [1.82, 2.24) is 9.55 Å². The van der Waals surface area contributed by atoms with Crippen LogP contribution in [0.1, 0.15) is 45.2 Å². The van der Waals surface area contributed by atoms with E-state index in [0.717, 1.165) is 10.7 Å². The normalized spacial score (nSPS) is 13.4. The molecule has 2 rings (SSSR count). The van der Waals surface area contributed by atoms with Gasteiger partial charge in [0.1, 0.15) is 0 Å². The number of rotatable bonds is 4. The van der Waals surface area contributed by atoms with Crippen molar-refractivity contribution >= 4 is 23.3 Å². The topological polar surface area (TPSA) is 20.7 Å². The van der Waals surface area contributed by atoms with Crippen molar-refractivity contribution in [3.8, 4) is 0 Å². The van der Waals surface area contributed by atoms with Gasteiger partial charge in [0, 0.05) is 6.04 Å². The molecule has 18 heavy (non-hydrogen) atoms. The Morgan fingerprint density at radius 1 is 1.22 bits per heavy atom. The van der Waals surface area contributed by atoms with Gasteiger partial charge in [0.05, 0.1) is 11.0 Å². The molecule has 1 aromatic heterocycles. The molecule has 3 heteroatoms. The number of imidazole rings is 1. The summed E-state index contributed by atoms with van der Waals surface area (Å²) in [5.41, 5.74) is 3.67. The summed E-state index contributed by atoms with van der Waals surface area (Å²) in [4.78, 5) is 3.34. The van der Waals surface area contributed by atoms with Crippen LogP contribution in [0, 0.1) is 17.6 Å². The highest BCUT2D eigenvalue weighted by Gasteiger charge is 2.12. The van der Waals surface area contributed by atoms with E-state index < -0.39 is 0 Å². The highest BCUT2D eigenvalue weighted by Crippen LogP contribution is 2.25. The molecule has 0 aliphatic carbocycles. The number of hydrogen-bond acceptors (Lipinski definition) is 1. The number of nitrogens with zero attached hydrogens (tertiary/aromatic N) is 1. The molecular weight excluding hydrogens is 240 g/mol. The van der Waals surface area contributed by atoms with E-state index in [4.69, 9.17) is 12.2 Å². The van der Waals surface area contributed by atoms with Gasteiger partial charge >= 0.3 is 0 Å². The summed E-state index contributed by atoms with van der Waals surface area (Å²) in [7, 11) is 0. The molecule has 0 spiro atoms. The van der Waals surface area contributed by atoms with E-state index in [0.29, 0.717) is 6.04 Å². The number of para-hydroxylation sites is 1. The fourth-order valence-electron chi connectivity index (χ4n) is 2.43. The zero-order valence-corrected chi connectivity index (χ0v) is 12.5. The predicted molar refractivity (Wildman–Crippen MR) is 80.6 cm³/mol. The predicted octanol–water partition coefficient (Wildman–Crippen LogP) is 5.00. The molecular formula is C15H22N2S. The van der Waals surface area contributed by atoms with E-state index in [9.17, 15) is 0 Å². The third-order valence-electron chi connectivity index (χ3n) is 3.56. The highest BCUT2D eigenvalue weighted by molar-refractivity contribution is 7.71. The molecule has 2 nitrogen and oxygen atoms in total. The monoisotopic (exact) mass is 262 g/mol. The minimum Gasteiger partial charge on any atom is -0.330 e. The number of aromatic nitrogens is 2. The smallest absolute Gasteiger partial charge is 0.178 e. The lowest BCUT2D eigenvalue weighted by Crippen LogP contribution is -2.06. The van der Waals surface area contributed by atoms with E-state index in [-0.39, 0.29) is 0 Å². The second-order valence-corrected chi connectivity index (χ2v) is 5.98. The van der Waals surface area contributed by atoms with E-state index in [1.165, 1.54) is 29.4 Å². The average Bonchev–Trinajstić information content (AvgIpc) is 2.64. The summed E-state index contributed by atoms with van der Waals surface area (Å²) in [6.45, 7) is 8.92. The average molecular weight is 262 g/mol. The Labute approximate surface area is 114 Å². The van der Waals surface area contributed by atoms with Crippen LogP contribution >= 0.6 is 12.2 Å². The Balaban J connectivity index is 2.41. The van der Waals surface area contributed by atoms with Crippen LogP contribution in [0.4, 0.5) is 0 Å². The summed E-state index contributed by atoms with van der Waals surface area (Å²) >= 11 is 5.48. The molecule has 98 valence electrons. The van der Waals surface area contributed by atoms with Gasteiger partial charge in [-0.25, -0.2) is 0 Å². The van der Waals surface area contributed by atoms with Gasteiger partial charge in [-0.2, -0.15) is 0 Å². The van der Waals surface area contributed by atoms with Crippen molar-refractivity contribution in [2.45, 2.75) is 46.6 Å². The minimum atomic E-state index is 0.454. The lowest BCUT2D eigenvalue weighted by molar-refractivity contribution is 0.443. The van der Waals surface area contributed by atoms with Crippen LogP contribution in [0.25, 0.3) is 11.0 Å². The first-order chi connectivity index (χ1) is 8.50. The maximum Gasteiger partial charge on any atom is 0.178 e. The van der Waals surface area contributed by atoms with Crippen LogP contribution in [0.3, 0.4) is 0 Å². The number of aryl methyl sites for hydroxylation is 1. The first kappa shape index (κ1) is 13.3.